The minimum Gasteiger partial charge on any atom is -0.657 e. The van der Waals surface area contributed by atoms with Crippen LogP contribution in [0.15, 0.2) is 115 Å². The molecule has 0 saturated heterocycles. The maximum atomic E-state index is 5.11. The molecule has 5 nitrogen and oxygen atoms in total. The van der Waals surface area contributed by atoms with Crippen LogP contribution in [0.4, 0.5) is 0 Å². The number of hydrogen-bond acceptors (Lipinski definition) is 3. The van der Waals surface area contributed by atoms with E-state index in [2.05, 4.69) is 91.0 Å². The van der Waals surface area contributed by atoms with Crippen molar-refractivity contribution >= 4 is 43.7 Å². The third kappa shape index (κ3) is 3.59. The van der Waals surface area contributed by atoms with Crippen molar-refractivity contribution in [2.24, 2.45) is 0 Å². The molecular weight excluding hydrogens is 554 g/mol. The maximum Gasteiger partial charge on any atom is 2.00 e. The minimum atomic E-state index is 0. The molecule has 0 atom stereocenters. The number of nitrogens with zero attached hydrogens (tertiary/aromatic N) is 5. The quantitative estimate of drug-likeness (QED) is 0.173. The molecule has 6 heteroatoms. The van der Waals surface area contributed by atoms with Crippen LogP contribution in [0, 0.1) is 0 Å². The van der Waals surface area contributed by atoms with Gasteiger partial charge in [0.15, 0.2) is 0 Å². The average molecular weight is 573 g/mol. The first-order chi connectivity index (χ1) is 19.8. The molecule has 0 unspecified atom stereocenters. The zero-order valence-corrected chi connectivity index (χ0v) is 22.4. The molecule has 8 bridgehead atoms. The summed E-state index contributed by atoms with van der Waals surface area (Å²) < 4.78 is 0. The maximum absolute atomic E-state index is 5.11. The van der Waals surface area contributed by atoms with Gasteiger partial charge in [0.2, 0.25) is 0 Å². The minimum absolute atomic E-state index is 0. The standard InChI is InChI=1S/C35H19N5.Cu/c1-3-11-22-20(9-1)28-17-29-21-10-2-4-12-23(21)31(37-29)19-33-25-14-6-8-16-27(25)35(39-33)40-34-26-15-7-5-13-24(26)32(38-34)18-30(22)36-28;/h1-19H;/q-2;+2. The smallest absolute Gasteiger partial charge is 0.657 e. The number of rotatable bonds is 0. The van der Waals surface area contributed by atoms with Gasteiger partial charge in [-0.2, -0.15) is 0 Å². The second-order valence-electron chi connectivity index (χ2n) is 10.1. The molecule has 0 saturated carbocycles. The summed E-state index contributed by atoms with van der Waals surface area (Å²) in [6, 6.07) is 39.4. The van der Waals surface area contributed by atoms with Gasteiger partial charge in [0.05, 0.1) is 22.9 Å². The van der Waals surface area contributed by atoms with Crippen LogP contribution in [0.25, 0.3) is 88.9 Å². The monoisotopic (exact) mass is 572 g/mol. The molecular formula is C35H19CuN5. The Kier molecular flexibility index (Phi) is 5.23. The van der Waals surface area contributed by atoms with Gasteiger partial charge in [0, 0.05) is 22.3 Å². The van der Waals surface area contributed by atoms with Gasteiger partial charge in [-0.15, -0.1) is 11.0 Å². The van der Waals surface area contributed by atoms with Crippen molar-refractivity contribution < 1.29 is 17.1 Å². The fourth-order valence-electron chi connectivity index (χ4n) is 5.95. The SMILES string of the molecule is [Cu+2].c1ccc2c(c1)-c1cc3[n-]c(cc4nc(nc5[n-]c(cc-2n1)c1ccccc51)-c1ccccc1-4)c1ccccc31. The van der Waals surface area contributed by atoms with Gasteiger partial charge >= 0.3 is 17.1 Å². The van der Waals surface area contributed by atoms with Crippen molar-refractivity contribution in [3.05, 3.63) is 115 Å². The van der Waals surface area contributed by atoms with E-state index in [-0.39, 0.29) is 17.1 Å². The summed E-state index contributed by atoms with van der Waals surface area (Å²) in [6.45, 7) is 0. The summed E-state index contributed by atoms with van der Waals surface area (Å²) in [7, 11) is 0. The number of benzene rings is 4. The molecule has 9 rings (SSSR count). The van der Waals surface area contributed by atoms with Crippen LogP contribution >= 0.6 is 0 Å². The second kappa shape index (κ2) is 9.00. The Morgan fingerprint density at radius 2 is 0.805 bits per heavy atom. The van der Waals surface area contributed by atoms with Crippen molar-refractivity contribution in [1.29, 1.82) is 0 Å². The van der Waals surface area contributed by atoms with Crippen molar-refractivity contribution in [3.63, 3.8) is 0 Å². The van der Waals surface area contributed by atoms with Gasteiger partial charge in [-0.1, -0.05) is 97.1 Å². The van der Waals surface area contributed by atoms with Crippen LogP contribution in [-0.4, -0.2) is 15.0 Å². The van der Waals surface area contributed by atoms with E-state index >= 15 is 0 Å². The molecule has 1 radical (unpaired) electrons. The van der Waals surface area contributed by atoms with Gasteiger partial charge in [0.25, 0.3) is 0 Å². The number of hydrogen-bond donors (Lipinski definition) is 0. The molecule has 195 valence electrons. The Labute approximate surface area is 245 Å². The zero-order valence-electron chi connectivity index (χ0n) is 21.5. The Morgan fingerprint density at radius 3 is 1.39 bits per heavy atom. The molecule has 41 heavy (non-hydrogen) atoms. The number of aromatic nitrogens is 5. The first kappa shape index (κ1) is 23.8. The molecule has 2 aliphatic heterocycles. The van der Waals surface area contributed by atoms with E-state index in [4.69, 9.17) is 24.9 Å². The van der Waals surface area contributed by atoms with Gasteiger partial charge in [-0.05, 0) is 50.9 Å². The Hall–Kier alpha value is -5.03. The first-order valence-electron chi connectivity index (χ1n) is 13.3. The van der Waals surface area contributed by atoms with Crippen LogP contribution in [0.5, 0.6) is 0 Å². The fraction of sp³-hybridized carbons (Fsp3) is 0. The topological polar surface area (TPSA) is 66.9 Å². The van der Waals surface area contributed by atoms with Crippen LogP contribution in [0.1, 0.15) is 0 Å². The normalized spacial score (nSPS) is 11.7. The van der Waals surface area contributed by atoms with E-state index in [1.165, 1.54) is 0 Å². The van der Waals surface area contributed by atoms with Crippen molar-refractivity contribution in [1.82, 2.24) is 24.9 Å². The predicted octanol–water partition coefficient (Wildman–Crippen LogP) is 7.94. The van der Waals surface area contributed by atoms with E-state index in [0.717, 1.165) is 77.4 Å². The third-order valence-electron chi connectivity index (χ3n) is 7.81. The van der Waals surface area contributed by atoms with Crippen LogP contribution in [0.3, 0.4) is 0 Å². The molecule has 0 amide bonds. The Balaban J connectivity index is 0.00000256. The van der Waals surface area contributed by atoms with Crippen molar-refractivity contribution in [2.75, 3.05) is 0 Å². The fourth-order valence-corrected chi connectivity index (χ4v) is 5.95. The predicted molar refractivity (Wildman–Crippen MR) is 161 cm³/mol. The summed E-state index contributed by atoms with van der Waals surface area (Å²) in [5, 5.41) is 4.20. The summed E-state index contributed by atoms with van der Waals surface area (Å²) in [4.78, 5) is 25.3. The van der Waals surface area contributed by atoms with Crippen molar-refractivity contribution in [3.8, 4) is 45.2 Å². The molecule has 7 aromatic rings. The summed E-state index contributed by atoms with van der Waals surface area (Å²) >= 11 is 0. The Morgan fingerprint density at radius 1 is 0.390 bits per heavy atom. The molecule has 5 heterocycles. The van der Waals surface area contributed by atoms with Crippen LogP contribution in [0.2, 0.25) is 0 Å². The molecule has 2 aliphatic rings. The Bertz CT molecular complexity index is 2030. The third-order valence-corrected chi connectivity index (χ3v) is 7.81. The molecule has 4 aromatic carbocycles. The largest absolute Gasteiger partial charge is 2.00 e. The van der Waals surface area contributed by atoms with E-state index in [0.29, 0.717) is 11.5 Å². The zero-order chi connectivity index (χ0) is 26.2. The van der Waals surface area contributed by atoms with Gasteiger partial charge in [-0.3, -0.25) is 4.98 Å². The van der Waals surface area contributed by atoms with E-state index in [1.807, 2.05) is 24.3 Å². The molecule has 0 fully saturated rings. The molecule has 0 N–H and O–H groups in total. The first-order valence-corrected chi connectivity index (χ1v) is 13.3. The van der Waals surface area contributed by atoms with E-state index in [1.54, 1.807) is 0 Å². The van der Waals surface area contributed by atoms with Crippen molar-refractivity contribution in [2.45, 2.75) is 0 Å². The molecule has 0 spiro atoms. The van der Waals surface area contributed by atoms with Gasteiger partial charge in [0.1, 0.15) is 0 Å². The number of fused-ring (bicyclic) bond motifs is 20. The van der Waals surface area contributed by atoms with E-state index in [9.17, 15) is 0 Å². The molecule has 0 aliphatic carbocycles. The van der Waals surface area contributed by atoms with Crippen LogP contribution in [-0.2, 0) is 17.1 Å². The molecule has 3 aromatic heterocycles. The van der Waals surface area contributed by atoms with Gasteiger partial charge in [-0.25, -0.2) is 4.98 Å². The summed E-state index contributed by atoms with van der Waals surface area (Å²) in [5.41, 5.74) is 10.1. The average Bonchev–Trinajstić information content (AvgIpc) is 3.73. The summed E-state index contributed by atoms with van der Waals surface area (Å²) in [5.74, 6) is 0.658. The van der Waals surface area contributed by atoms with Crippen LogP contribution < -0.4 is 9.97 Å². The van der Waals surface area contributed by atoms with Gasteiger partial charge < -0.3 is 15.0 Å². The van der Waals surface area contributed by atoms with E-state index < -0.39 is 0 Å². The summed E-state index contributed by atoms with van der Waals surface area (Å²) in [6.07, 6.45) is 0. The second-order valence-corrected chi connectivity index (χ2v) is 10.1.